The summed E-state index contributed by atoms with van der Waals surface area (Å²) in [5.74, 6) is 1.75. The molecule has 182 valence electrons. The first kappa shape index (κ1) is 24.5. The number of nitrogens with zero attached hydrogens (tertiary/aromatic N) is 4. The van der Waals surface area contributed by atoms with Crippen molar-refractivity contribution in [3.8, 4) is 5.75 Å². The first-order chi connectivity index (χ1) is 16.2. The molecule has 34 heavy (non-hydrogen) atoms. The Morgan fingerprint density at radius 3 is 2.56 bits per heavy atom. The second-order valence-corrected chi connectivity index (χ2v) is 9.60. The molecule has 0 spiro atoms. The summed E-state index contributed by atoms with van der Waals surface area (Å²) in [6, 6.07) is 12.7. The monoisotopic (exact) mass is 537 g/mol. The summed E-state index contributed by atoms with van der Waals surface area (Å²) < 4.78 is 43.2. The molecule has 0 unspecified atom stereocenters. The van der Waals surface area contributed by atoms with E-state index in [1.807, 2.05) is 43.3 Å². The van der Waals surface area contributed by atoms with Crippen LogP contribution in [0.5, 0.6) is 5.75 Å². The maximum absolute atomic E-state index is 12.8. The maximum Gasteiger partial charge on any atom is 0.573 e. The highest BCUT2D eigenvalue weighted by atomic mass is 79.9. The number of aromatic nitrogens is 2. The number of likely N-dealkylation sites (tertiary alicyclic amines) is 1. The molecule has 1 saturated heterocycles. The van der Waals surface area contributed by atoms with E-state index in [2.05, 4.69) is 40.9 Å². The van der Waals surface area contributed by atoms with Crippen LogP contribution >= 0.6 is 15.9 Å². The smallest absolute Gasteiger partial charge is 0.405 e. The lowest BCUT2D eigenvalue weighted by atomic mass is 9.96. The molecule has 0 radical (unpaired) electrons. The number of fused-ring (bicyclic) bond motifs is 1. The Balaban J connectivity index is 1.34. The fourth-order valence-electron chi connectivity index (χ4n) is 4.18. The minimum Gasteiger partial charge on any atom is -0.405 e. The number of ether oxygens (including phenoxy) is 1. The van der Waals surface area contributed by atoms with E-state index in [0.717, 1.165) is 49.2 Å². The predicted molar refractivity (Wildman–Crippen MR) is 131 cm³/mol. The van der Waals surface area contributed by atoms with Gasteiger partial charge < -0.3 is 15.0 Å². The summed E-state index contributed by atoms with van der Waals surface area (Å²) in [7, 11) is 3.93. The molecule has 1 aromatic heterocycles. The van der Waals surface area contributed by atoms with Gasteiger partial charge in [-0.3, -0.25) is 4.90 Å². The molecular weight excluding hydrogens is 511 g/mol. The van der Waals surface area contributed by atoms with Crippen molar-refractivity contribution in [1.82, 2.24) is 14.9 Å². The molecule has 10 heteroatoms. The molecule has 6 nitrogen and oxygen atoms in total. The average Bonchev–Trinajstić information content (AvgIpc) is 2.78. The second-order valence-electron chi connectivity index (χ2n) is 8.68. The van der Waals surface area contributed by atoms with Crippen LogP contribution in [-0.4, -0.2) is 55.0 Å². The van der Waals surface area contributed by atoms with E-state index in [1.54, 1.807) is 12.1 Å². The van der Waals surface area contributed by atoms with Crippen molar-refractivity contribution in [1.29, 1.82) is 0 Å². The Kier molecular flexibility index (Phi) is 7.47. The summed E-state index contributed by atoms with van der Waals surface area (Å²) in [5, 5.41) is 4.40. The molecule has 0 aliphatic carbocycles. The van der Waals surface area contributed by atoms with Gasteiger partial charge in [0.1, 0.15) is 11.6 Å². The van der Waals surface area contributed by atoms with Crippen molar-refractivity contribution in [2.75, 3.05) is 43.9 Å². The third-order valence-corrected chi connectivity index (χ3v) is 6.40. The van der Waals surface area contributed by atoms with Gasteiger partial charge in [-0.2, -0.15) is 4.98 Å². The van der Waals surface area contributed by atoms with E-state index < -0.39 is 6.36 Å². The van der Waals surface area contributed by atoms with Crippen LogP contribution in [-0.2, 0) is 6.54 Å². The van der Waals surface area contributed by atoms with Gasteiger partial charge in [0, 0.05) is 42.6 Å². The van der Waals surface area contributed by atoms with Gasteiger partial charge in [0.05, 0.1) is 5.52 Å². The first-order valence-corrected chi connectivity index (χ1v) is 11.9. The van der Waals surface area contributed by atoms with Crippen LogP contribution in [0.4, 0.5) is 24.9 Å². The standard InChI is InChI=1S/C24H27BrF3N5O/c1-32(2)22-19-5-3-4-6-20(19)30-23(31-22)29-14-16-9-11-33(12-10-16)15-17-7-8-18(25)13-21(17)34-24(26,27)28/h3-8,13,16H,9-12,14-15H2,1-2H3,(H,29,30,31). The van der Waals surface area contributed by atoms with Crippen LogP contribution in [0.2, 0.25) is 0 Å². The Hall–Kier alpha value is -2.59. The quantitative estimate of drug-likeness (QED) is 0.418. The number of hydrogen-bond acceptors (Lipinski definition) is 6. The zero-order valence-corrected chi connectivity index (χ0v) is 20.7. The number of alkyl halides is 3. The average molecular weight is 538 g/mol. The molecule has 1 fully saturated rings. The fraction of sp³-hybridized carbons (Fsp3) is 0.417. The number of hydrogen-bond donors (Lipinski definition) is 1. The third kappa shape index (κ3) is 6.29. The number of anilines is 2. The van der Waals surface area contributed by atoms with E-state index in [1.165, 1.54) is 6.07 Å². The second kappa shape index (κ2) is 10.4. The molecule has 4 rings (SSSR count). The SMILES string of the molecule is CN(C)c1nc(NCC2CCN(Cc3ccc(Br)cc3OC(F)(F)F)CC2)nc2ccccc12. The topological polar surface area (TPSA) is 53.5 Å². The van der Waals surface area contributed by atoms with Crippen molar-refractivity contribution in [2.45, 2.75) is 25.7 Å². The highest BCUT2D eigenvalue weighted by Crippen LogP contribution is 2.31. The largest absolute Gasteiger partial charge is 0.573 e. The van der Waals surface area contributed by atoms with Crippen LogP contribution < -0.4 is 15.0 Å². The Morgan fingerprint density at radius 1 is 1.12 bits per heavy atom. The normalized spacial score (nSPS) is 15.5. The van der Waals surface area contributed by atoms with E-state index in [4.69, 9.17) is 0 Å². The van der Waals surface area contributed by atoms with Gasteiger partial charge in [-0.15, -0.1) is 13.2 Å². The lowest BCUT2D eigenvalue weighted by Gasteiger charge is -2.32. The molecule has 1 aliphatic heterocycles. The van der Waals surface area contributed by atoms with Crippen molar-refractivity contribution < 1.29 is 17.9 Å². The summed E-state index contributed by atoms with van der Waals surface area (Å²) in [6.07, 6.45) is -2.84. The summed E-state index contributed by atoms with van der Waals surface area (Å²) in [4.78, 5) is 13.5. The molecule has 2 aromatic carbocycles. The van der Waals surface area contributed by atoms with E-state index in [0.29, 0.717) is 28.4 Å². The van der Waals surface area contributed by atoms with Gasteiger partial charge in [0.25, 0.3) is 0 Å². The number of benzene rings is 2. The van der Waals surface area contributed by atoms with Crippen LogP contribution in [0, 0.1) is 5.92 Å². The van der Waals surface area contributed by atoms with Gasteiger partial charge in [-0.05, 0) is 56.1 Å². The lowest BCUT2D eigenvalue weighted by Crippen LogP contribution is -2.35. The summed E-state index contributed by atoms with van der Waals surface area (Å²) in [5.41, 5.74) is 1.42. The zero-order chi connectivity index (χ0) is 24.3. The summed E-state index contributed by atoms with van der Waals surface area (Å²) in [6.45, 7) is 2.77. The molecular formula is C24H27BrF3N5O. The van der Waals surface area contributed by atoms with E-state index >= 15 is 0 Å². The van der Waals surface area contributed by atoms with Crippen molar-refractivity contribution in [3.05, 3.63) is 52.5 Å². The maximum atomic E-state index is 12.8. The van der Waals surface area contributed by atoms with Gasteiger partial charge in [0.15, 0.2) is 0 Å². The van der Waals surface area contributed by atoms with Crippen LogP contribution in [0.25, 0.3) is 10.9 Å². The highest BCUT2D eigenvalue weighted by Gasteiger charge is 2.32. The van der Waals surface area contributed by atoms with E-state index in [9.17, 15) is 13.2 Å². The Morgan fingerprint density at radius 2 is 1.85 bits per heavy atom. The summed E-state index contributed by atoms with van der Waals surface area (Å²) >= 11 is 3.22. The van der Waals surface area contributed by atoms with Gasteiger partial charge in [-0.25, -0.2) is 4.98 Å². The number of piperidine rings is 1. The number of halogens is 4. The molecule has 3 aromatic rings. The van der Waals surface area contributed by atoms with Gasteiger partial charge in [0.2, 0.25) is 5.95 Å². The Bertz CT molecular complexity index is 1130. The Labute approximate surface area is 205 Å². The molecule has 0 bridgehead atoms. The third-order valence-electron chi connectivity index (χ3n) is 5.91. The lowest BCUT2D eigenvalue weighted by molar-refractivity contribution is -0.275. The molecule has 1 aliphatic rings. The molecule has 0 saturated carbocycles. The van der Waals surface area contributed by atoms with E-state index in [-0.39, 0.29) is 5.75 Å². The molecule has 2 heterocycles. The van der Waals surface area contributed by atoms with Crippen LogP contribution in [0.1, 0.15) is 18.4 Å². The minimum atomic E-state index is -4.72. The highest BCUT2D eigenvalue weighted by molar-refractivity contribution is 9.10. The minimum absolute atomic E-state index is 0.157. The van der Waals surface area contributed by atoms with Gasteiger partial charge >= 0.3 is 6.36 Å². The number of nitrogens with one attached hydrogen (secondary N) is 1. The number of para-hydroxylation sites is 1. The number of rotatable bonds is 7. The fourth-order valence-corrected chi connectivity index (χ4v) is 4.52. The van der Waals surface area contributed by atoms with Crippen molar-refractivity contribution >= 4 is 38.6 Å². The van der Waals surface area contributed by atoms with Gasteiger partial charge in [-0.1, -0.05) is 34.1 Å². The van der Waals surface area contributed by atoms with Crippen LogP contribution in [0.15, 0.2) is 46.9 Å². The zero-order valence-electron chi connectivity index (χ0n) is 19.1. The van der Waals surface area contributed by atoms with Crippen molar-refractivity contribution in [3.63, 3.8) is 0 Å². The van der Waals surface area contributed by atoms with Crippen LogP contribution in [0.3, 0.4) is 0 Å². The van der Waals surface area contributed by atoms with Crippen molar-refractivity contribution in [2.24, 2.45) is 5.92 Å². The first-order valence-electron chi connectivity index (χ1n) is 11.1. The molecule has 0 atom stereocenters. The molecule has 1 N–H and O–H groups in total. The molecule has 0 amide bonds. The predicted octanol–water partition coefficient (Wildman–Crippen LogP) is 5.68.